The maximum Gasteiger partial charge on any atom is 0.305 e. The average Bonchev–Trinajstić information content (AvgIpc) is 2.56. The zero-order valence-electron chi connectivity index (χ0n) is 15.7. The standard InChI is InChI=1S/C21H38O2/c1-4-6-7-14-21(3)15-12-18(13-16-21)17-8-10-19(11-9-17)23-20(22)5-2/h17-19H,4-16H2,1-3H3/t17?,18-,19?,21-. The van der Waals surface area contributed by atoms with E-state index in [0.717, 1.165) is 24.7 Å². The smallest absolute Gasteiger partial charge is 0.305 e. The molecule has 0 unspecified atom stereocenters. The first kappa shape index (κ1) is 18.8. The second kappa shape index (κ2) is 9.08. The molecule has 0 amide bonds. The Morgan fingerprint density at radius 2 is 1.57 bits per heavy atom. The van der Waals surface area contributed by atoms with E-state index < -0.39 is 0 Å². The zero-order chi connectivity index (χ0) is 16.7. The van der Waals surface area contributed by atoms with Gasteiger partial charge in [-0.15, -0.1) is 0 Å². The van der Waals surface area contributed by atoms with Crippen LogP contribution in [0.2, 0.25) is 0 Å². The molecule has 0 aromatic carbocycles. The van der Waals surface area contributed by atoms with Gasteiger partial charge < -0.3 is 4.74 Å². The van der Waals surface area contributed by atoms with Gasteiger partial charge in [-0.1, -0.05) is 40.0 Å². The highest BCUT2D eigenvalue weighted by molar-refractivity contribution is 5.69. The van der Waals surface area contributed by atoms with E-state index in [1.165, 1.54) is 64.2 Å². The topological polar surface area (TPSA) is 26.3 Å². The fraction of sp³-hybridized carbons (Fsp3) is 0.952. The number of hydrogen-bond acceptors (Lipinski definition) is 2. The summed E-state index contributed by atoms with van der Waals surface area (Å²) in [5, 5.41) is 0. The first-order valence-electron chi connectivity index (χ1n) is 10.3. The van der Waals surface area contributed by atoms with Crippen LogP contribution >= 0.6 is 0 Å². The predicted octanol–water partition coefficient (Wildman–Crippen LogP) is 6.28. The number of rotatable bonds is 7. The minimum atomic E-state index is -0.0195. The molecule has 0 atom stereocenters. The van der Waals surface area contributed by atoms with Crippen molar-refractivity contribution in [2.45, 2.75) is 110 Å². The van der Waals surface area contributed by atoms with Gasteiger partial charge in [0.05, 0.1) is 0 Å². The minimum absolute atomic E-state index is 0.0195. The van der Waals surface area contributed by atoms with Gasteiger partial charge in [-0.2, -0.15) is 0 Å². The van der Waals surface area contributed by atoms with Crippen molar-refractivity contribution in [1.29, 1.82) is 0 Å². The number of hydrogen-bond donors (Lipinski definition) is 0. The van der Waals surface area contributed by atoms with E-state index in [4.69, 9.17) is 4.74 Å². The first-order chi connectivity index (χ1) is 11.1. The van der Waals surface area contributed by atoms with Gasteiger partial charge in [0.1, 0.15) is 6.10 Å². The van der Waals surface area contributed by atoms with Gasteiger partial charge >= 0.3 is 5.97 Å². The Balaban J connectivity index is 1.69. The monoisotopic (exact) mass is 322 g/mol. The summed E-state index contributed by atoms with van der Waals surface area (Å²) in [7, 11) is 0. The molecule has 0 spiro atoms. The van der Waals surface area contributed by atoms with Gasteiger partial charge in [0.15, 0.2) is 0 Å². The number of ether oxygens (including phenoxy) is 1. The van der Waals surface area contributed by atoms with Gasteiger partial charge in [0, 0.05) is 6.42 Å². The van der Waals surface area contributed by atoms with Crippen molar-refractivity contribution in [1.82, 2.24) is 0 Å². The number of esters is 1. The molecule has 2 heteroatoms. The van der Waals surface area contributed by atoms with Crippen molar-refractivity contribution in [3.8, 4) is 0 Å². The van der Waals surface area contributed by atoms with Crippen LogP contribution in [0.4, 0.5) is 0 Å². The molecule has 0 bridgehead atoms. The molecule has 0 aromatic rings. The van der Waals surface area contributed by atoms with E-state index in [9.17, 15) is 4.79 Å². The van der Waals surface area contributed by atoms with E-state index in [1.54, 1.807) is 0 Å². The summed E-state index contributed by atoms with van der Waals surface area (Å²) in [6.45, 7) is 6.71. The van der Waals surface area contributed by atoms with Gasteiger partial charge in [-0.25, -0.2) is 0 Å². The lowest BCUT2D eigenvalue weighted by Crippen LogP contribution is -2.32. The van der Waals surface area contributed by atoms with Crippen LogP contribution in [0.15, 0.2) is 0 Å². The van der Waals surface area contributed by atoms with Crippen molar-refractivity contribution >= 4 is 5.97 Å². The van der Waals surface area contributed by atoms with Crippen LogP contribution in [-0.4, -0.2) is 12.1 Å². The predicted molar refractivity (Wildman–Crippen MR) is 96.3 cm³/mol. The SMILES string of the molecule is CCCCC[C@]1(C)CC[C@@H](C2CCC(OC(=O)CC)CC2)CC1. The summed E-state index contributed by atoms with van der Waals surface area (Å²) >= 11 is 0. The lowest BCUT2D eigenvalue weighted by atomic mass is 9.64. The maximum atomic E-state index is 11.4. The summed E-state index contributed by atoms with van der Waals surface area (Å²) < 4.78 is 5.53. The molecule has 0 saturated heterocycles. The van der Waals surface area contributed by atoms with Gasteiger partial charge in [0.2, 0.25) is 0 Å². The van der Waals surface area contributed by atoms with Crippen molar-refractivity contribution in [2.24, 2.45) is 17.3 Å². The molecule has 2 fully saturated rings. The van der Waals surface area contributed by atoms with Crippen molar-refractivity contribution in [2.75, 3.05) is 0 Å². The molecule has 0 N–H and O–H groups in total. The molecule has 2 rings (SSSR count). The third kappa shape index (κ3) is 5.80. The van der Waals surface area contributed by atoms with Crippen molar-refractivity contribution < 1.29 is 9.53 Å². The first-order valence-corrected chi connectivity index (χ1v) is 10.3. The highest BCUT2D eigenvalue weighted by Crippen LogP contribution is 2.47. The Bertz CT molecular complexity index is 347. The zero-order valence-corrected chi connectivity index (χ0v) is 15.7. The Labute approximate surface area is 143 Å². The highest BCUT2D eigenvalue weighted by atomic mass is 16.5. The van der Waals surface area contributed by atoms with Crippen LogP contribution in [-0.2, 0) is 9.53 Å². The van der Waals surface area contributed by atoms with Crippen molar-refractivity contribution in [3.63, 3.8) is 0 Å². The molecule has 2 aliphatic carbocycles. The molecule has 23 heavy (non-hydrogen) atoms. The highest BCUT2D eigenvalue weighted by Gasteiger charge is 2.35. The third-order valence-corrected chi connectivity index (χ3v) is 6.59. The molecule has 0 aliphatic heterocycles. The second-order valence-electron chi connectivity index (χ2n) is 8.49. The number of carbonyl (C=O) groups excluding carboxylic acids is 1. The average molecular weight is 323 g/mol. The summed E-state index contributed by atoms with van der Waals surface area (Å²) in [6.07, 6.45) is 16.8. The normalized spacial score (nSPS) is 35.0. The van der Waals surface area contributed by atoms with Crippen LogP contribution in [0, 0.1) is 17.3 Å². The molecule has 0 heterocycles. The van der Waals surface area contributed by atoms with Gasteiger partial charge in [0.25, 0.3) is 0 Å². The van der Waals surface area contributed by atoms with E-state index in [1.807, 2.05) is 6.92 Å². The van der Waals surface area contributed by atoms with Crippen LogP contribution in [0.3, 0.4) is 0 Å². The summed E-state index contributed by atoms with van der Waals surface area (Å²) in [4.78, 5) is 11.4. The fourth-order valence-electron chi connectivity index (χ4n) is 4.81. The van der Waals surface area contributed by atoms with E-state index in [0.29, 0.717) is 11.8 Å². The molecule has 134 valence electrons. The maximum absolute atomic E-state index is 11.4. The lowest BCUT2D eigenvalue weighted by Gasteiger charge is -2.42. The third-order valence-electron chi connectivity index (χ3n) is 6.59. The van der Waals surface area contributed by atoms with Crippen LogP contribution in [0.25, 0.3) is 0 Å². The number of carbonyl (C=O) groups is 1. The van der Waals surface area contributed by atoms with E-state index in [2.05, 4.69) is 13.8 Å². The van der Waals surface area contributed by atoms with Crippen LogP contribution in [0.5, 0.6) is 0 Å². The minimum Gasteiger partial charge on any atom is -0.462 e. The number of unbranched alkanes of at least 4 members (excludes halogenated alkanes) is 2. The Hall–Kier alpha value is -0.530. The molecule has 2 nitrogen and oxygen atoms in total. The summed E-state index contributed by atoms with van der Waals surface area (Å²) in [5.41, 5.74) is 0.625. The molecule has 0 radical (unpaired) electrons. The second-order valence-corrected chi connectivity index (χ2v) is 8.49. The molecular formula is C21H38O2. The van der Waals surface area contributed by atoms with Crippen molar-refractivity contribution in [3.05, 3.63) is 0 Å². The fourth-order valence-corrected chi connectivity index (χ4v) is 4.81. The Morgan fingerprint density at radius 3 is 2.13 bits per heavy atom. The van der Waals surface area contributed by atoms with E-state index in [-0.39, 0.29) is 12.1 Å². The molecule has 2 saturated carbocycles. The van der Waals surface area contributed by atoms with E-state index >= 15 is 0 Å². The van der Waals surface area contributed by atoms with Crippen LogP contribution < -0.4 is 0 Å². The van der Waals surface area contributed by atoms with Gasteiger partial charge in [-0.3, -0.25) is 4.79 Å². The Morgan fingerprint density at radius 1 is 0.957 bits per heavy atom. The molecule has 2 aliphatic rings. The largest absolute Gasteiger partial charge is 0.462 e. The summed E-state index contributed by atoms with van der Waals surface area (Å²) in [5.74, 6) is 1.82. The quantitative estimate of drug-likeness (QED) is 0.407. The molecule has 0 aromatic heterocycles. The Kier molecular flexibility index (Phi) is 7.43. The van der Waals surface area contributed by atoms with Crippen LogP contribution in [0.1, 0.15) is 104 Å². The lowest BCUT2D eigenvalue weighted by molar-refractivity contribution is -0.150. The summed E-state index contributed by atoms with van der Waals surface area (Å²) in [6, 6.07) is 0. The van der Waals surface area contributed by atoms with Gasteiger partial charge in [-0.05, 0) is 75.0 Å². The molecular weight excluding hydrogens is 284 g/mol.